The molecule has 2 heterocycles. The SMILES string of the molecule is Cc1ccc2oc(C(=O)N3CCCC(CBr)C3)cc2c1. The average Bonchev–Trinajstić information content (AvgIpc) is 2.89. The monoisotopic (exact) mass is 335 g/mol. The number of halogens is 1. The Bertz CT molecular complexity index is 634. The molecular formula is C16H18BrNO2. The molecule has 3 rings (SSSR count). The Morgan fingerprint density at radius 2 is 2.30 bits per heavy atom. The first-order valence-corrected chi connectivity index (χ1v) is 8.15. The third-order valence-corrected chi connectivity index (χ3v) is 4.82. The number of piperidine rings is 1. The Hall–Kier alpha value is -1.29. The first-order chi connectivity index (χ1) is 9.67. The van der Waals surface area contributed by atoms with Gasteiger partial charge in [0.2, 0.25) is 0 Å². The number of aryl methyl sites for hydroxylation is 1. The summed E-state index contributed by atoms with van der Waals surface area (Å²) < 4.78 is 5.70. The summed E-state index contributed by atoms with van der Waals surface area (Å²) in [5.74, 6) is 1.03. The van der Waals surface area contributed by atoms with Crippen molar-refractivity contribution in [3.05, 3.63) is 35.6 Å². The lowest BCUT2D eigenvalue weighted by Gasteiger charge is -2.31. The third kappa shape index (κ3) is 2.62. The summed E-state index contributed by atoms with van der Waals surface area (Å²) >= 11 is 3.52. The Kier molecular flexibility index (Phi) is 3.83. The topological polar surface area (TPSA) is 33.5 Å². The molecule has 0 N–H and O–H groups in total. The highest BCUT2D eigenvalue weighted by Gasteiger charge is 2.25. The molecule has 1 aliphatic heterocycles. The first-order valence-electron chi connectivity index (χ1n) is 7.03. The number of furan rings is 1. The smallest absolute Gasteiger partial charge is 0.289 e. The van der Waals surface area contributed by atoms with Gasteiger partial charge in [-0.05, 0) is 43.9 Å². The van der Waals surface area contributed by atoms with Crippen LogP contribution in [0.1, 0.15) is 29.0 Å². The van der Waals surface area contributed by atoms with Gasteiger partial charge in [0.05, 0.1) is 0 Å². The van der Waals surface area contributed by atoms with Crippen LogP contribution in [0.15, 0.2) is 28.7 Å². The number of benzene rings is 1. The lowest BCUT2D eigenvalue weighted by molar-refractivity contribution is 0.0656. The Morgan fingerprint density at radius 3 is 3.10 bits per heavy atom. The number of amides is 1. The minimum absolute atomic E-state index is 0.0181. The maximum Gasteiger partial charge on any atom is 0.289 e. The molecule has 1 aromatic carbocycles. The number of alkyl halides is 1. The molecule has 20 heavy (non-hydrogen) atoms. The molecule has 1 amide bonds. The molecule has 0 bridgehead atoms. The second-order valence-corrected chi connectivity index (χ2v) is 6.21. The Balaban J connectivity index is 1.84. The molecule has 0 spiro atoms. The molecule has 1 atom stereocenters. The highest BCUT2D eigenvalue weighted by Crippen LogP contribution is 2.24. The number of nitrogens with zero attached hydrogens (tertiary/aromatic N) is 1. The van der Waals surface area contributed by atoms with E-state index in [4.69, 9.17) is 4.42 Å². The second-order valence-electron chi connectivity index (χ2n) is 5.57. The summed E-state index contributed by atoms with van der Waals surface area (Å²) in [5, 5.41) is 1.96. The van der Waals surface area contributed by atoms with Gasteiger partial charge in [-0.1, -0.05) is 27.6 Å². The van der Waals surface area contributed by atoms with Crippen molar-refractivity contribution in [1.29, 1.82) is 0 Å². The van der Waals surface area contributed by atoms with Crippen molar-refractivity contribution in [2.24, 2.45) is 5.92 Å². The lowest BCUT2D eigenvalue weighted by Crippen LogP contribution is -2.40. The van der Waals surface area contributed by atoms with Crippen molar-refractivity contribution in [3.63, 3.8) is 0 Å². The molecule has 0 aliphatic carbocycles. The molecule has 1 aliphatic rings. The van der Waals surface area contributed by atoms with E-state index in [1.165, 1.54) is 12.0 Å². The predicted octanol–water partition coefficient (Wildman–Crippen LogP) is 3.99. The van der Waals surface area contributed by atoms with Crippen LogP contribution in [0.25, 0.3) is 11.0 Å². The van der Waals surface area contributed by atoms with Crippen LogP contribution in [-0.2, 0) is 0 Å². The van der Waals surface area contributed by atoms with E-state index in [9.17, 15) is 4.79 Å². The van der Waals surface area contributed by atoms with Gasteiger partial charge in [0, 0.05) is 23.8 Å². The quantitative estimate of drug-likeness (QED) is 0.777. The van der Waals surface area contributed by atoms with Gasteiger partial charge < -0.3 is 9.32 Å². The van der Waals surface area contributed by atoms with E-state index in [2.05, 4.69) is 15.9 Å². The van der Waals surface area contributed by atoms with Gasteiger partial charge in [-0.3, -0.25) is 4.79 Å². The van der Waals surface area contributed by atoms with Gasteiger partial charge in [-0.15, -0.1) is 0 Å². The van der Waals surface area contributed by atoms with E-state index in [0.29, 0.717) is 11.7 Å². The van der Waals surface area contributed by atoms with Crippen LogP contribution < -0.4 is 0 Å². The zero-order valence-corrected chi connectivity index (χ0v) is 13.1. The predicted molar refractivity (Wildman–Crippen MR) is 83.4 cm³/mol. The van der Waals surface area contributed by atoms with Crippen LogP contribution in [0.3, 0.4) is 0 Å². The minimum Gasteiger partial charge on any atom is -0.451 e. The first kappa shape index (κ1) is 13.7. The average molecular weight is 336 g/mol. The zero-order chi connectivity index (χ0) is 14.1. The largest absolute Gasteiger partial charge is 0.451 e. The molecule has 1 unspecified atom stereocenters. The fraction of sp³-hybridized carbons (Fsp3) is 0.438. The van der Waals surface area contributed by atoms with Crippen LogP contribution in [0.4, 0.5) is 0 Å². The highest BCUT2D eigenvalue weighted by molar-refractivity contribution is 9.09. The highest BCUT2D eigenvalue weighted by atomic mass is 79.9. The van der Waals surface area contributed by atoms with Crippen molar-refractivity contribution in [1.82, 2.24) is 4.90 Å². The molecule has 2 aromatic rings. The summed E-state index contributed by atoms with van der Waals surface area (Å²) in [5.41, 5.74) is 1.96. The van der Waals surface area contributed by atoms with E-state index in [0.717, 1.165) is 35.8 Å². The van der Waals surface area contributed by atoms with E-state index in [1.807, 2.05) is 36.1 Å². The van der Waals surface area contributed by atoms with Crippen molar-refractivity contribution >= 4 is 32.8 Å². The zero-order valence-electron chi connectivity index (χ0n) is 11.6. The number of fused-ring (bicyclic) bond motifs is 1. The van der Waals surface area contributed by atoms with E-state index >= 15 is 0 Å². The summed E-state index contributed by atoms with van der Waals surface area (Å²) in [6.07, 6.45) is 2.26. The van der Waals surface area contributed by atoms with Gasteiger partial charge in [0.15, 0.2) is 5.76 Å². The van der Waals surface area contributed by atoms with Gasteiger partial charge in [-0.25, -0.2) is 0 Å². The summed E-state index contributed by atoms with van der Waals surface area (Å²) in [6, 6.07) is 7.84. The maximum atomic E-state index is 12.5. The van der Waals surface area contributed by atoms with E-state index < -0.39 is 0 Å². The van der Waals surface area contributed by atoms with E-state index in [1.54, 1.807) is 0 Å². The van der Waals surface area contributed by atoms with Crippen molar-refractivity contribution < 1.29 is 9.21 Å². The van der Waals surface area contributed by atoms with Crippen molar-refractivity contribution in [2.45, 2.75) is 19.8 Å². The molecule has 1 fully saturated rings. The Labute approximate surface area is 127 Å². The van der Waals surface area contributed by atoms with Crippen LogP contribution in [0.5, 0.6) is 0 Å². The number of carbonyl (C=O) groups excluding carboxylic acids is 1. The van der Waals surface area contributed by atoms with Crippen LogP contribution >= 0.6 is 15.9 Å². The third-order valence-electron chi connectivity index (χ3n) is 3.91. The van der Waals surface area contributed by atoms with Crippen LogP contribution in [-0.4, -0.2) is 29.2 Å². The minimum atomic E-state index is 0.0181. The molecule has 3 nitrogen and oxygen atoms in total. The molecule has 0 radical (unpaired) electrons. The number of hydrogen-bond acceptors (Lipinski definition) is 2. The Morgan fingerprint density at radius 1 is 1.45 bits per heavy atom. The molecule has 106 valence electrons. The standard InChI is InChI=1S/C16H18BrNO2/c1-11-4-5-14-13(7-11)8-15(20-14)16(19)18-6-2-3-12(9-17)10-18/h4-5,7-8,12H,2-3,6,9-10H2,1H3. The maximum absolute atomic E-state index is 12.5. The van der Waals surface area contributed by atoms with Gasteiger partial charge >= 0.3 is 0 Å². The van der Waals surface area contributed by atoms with Crippen LogP contribution in [0, 0.1) is 12.8 Å². The molecular weight excluding hydrogens is 318 g/mol. The number of hydrogen-bond donors (Lipinski definition) is 0. The molecule has 4 heteroatoms. The number of carbonyl (C=O) groups is 1. The van der Waals surface area contributed by atoms with Crippen molar-refractivity contribution in [3.8, 4) is 0 Å². The summed E-state index contributed by atoms with van der Waals surface area (Å²) in [6.45, 7) is 3.69. The molecule has 1 aromatic heterocycles. The fourth-order valence-electron chi connectivity index (χ4n) is 2.80. The lowest BCUT2D eigenvalue weighted by atomic mass is 10.00. The normalized spacial score (nSPS) is 19.5. The van der Waals surface area contributed by atoms with Crippen LogP contribution in [0.2, 0.25) is 0 Å². The fourth-order valence-corrected chi connectivity index (χ4v) is 3.33. The van der Waals surface area contributed by atoms with Gasteiger partial charge in [-0.2, -0.15) is 0 Å². The molecule has 0 saturated carbocycles. The second kappa shape index (κ2) is 5.60. The molecule has 1 saturated heterocycles. The number of likely N-dealkylation sites (tertiary alicyclic amines) is 1. The van der Waals surface area contributed by atoms with E-state index in [-0.39, 0.29) is 5.91 Å². The number of rotatable bonds is 2. The van der Waals surface area contributed by atoms with Crippen molar-refractivity contribution in [2.75, 3.05) is 18.4 Å². The summed E-state index contributed by atoms with van der Waals surface area (Å²) in [7, 11) is 0. The summed E-state index contributed by atoms with van der Waals surface area (Å²) in [4.78, 5) is 14.4. The van der Waals surface area contributed by atoms with Gasteiger partial charge in [0.25, 0.3) is 5.91 Å². The van der Waals surface area contributed by atoms with Gasteiger partial charge in [0.1, 0.15) is 5.58 Å².